The van der Waals surface area contributed by atoms with Crippen LogP contribution in [-0.4, -0.2) is 63.0 Å². The Morgan fingerprint density at radius 1 is 0.913 bits per heavy atom. The SMILES string of the molecule is CCCOC[C@@H](Cc1ccc(OC)c(Cc2ccccc2)c1)[C@H](C)OC(=O)[C@H](C)CC(=O)c1nccc(OC)c1OCOC(C)=O. The highest BCUT2D eigenvalue weighted by molar-refractivity contribution is 5.99. The van der Waals surface area contributed by atoms with Gasteiger partial charge in [0.25, 0.3) is 0 Å². The maximum atomic E-state index is 13.3. The molecule has 10 heteroatoms. The highest BCUT2D eigenvalue weighted by Crippen LogP contribution is 2.31. The van der Waals surface area contributed by atoms with Crippen LogP contribution >= 0.6 is 0 Å². The molecule has 0 amide bonds. The van der Waals surface area contributed by atoms with Gasteiger partial charge < -0.3 is 28.4 Å². The van der Waals surface area contributed by atoms with Crippen LogP contribution < -0.4 is 14.2 Å². The van der Waals surface area contributed by atoms with Crippen LogP contribution in [0, 0.1) is 11.8 Å². The summed E-state index contributed by atoms with van der Waals surface area (Å²) in [6, 6.07) is 17.9. The van der Waals surface area contributed by atoms with Crippen molar-refractivity contribution in [1.82, 2.24) is 4.98 Å². The summed E-state index contributed by atoms with van der Waals surface area (Å²) in [5, 5.41) is 0. The van der Waals surface area contributed by atoms with Gasteiger partial charge in [-0.15, -0.1) is 0 Å². The average Bonchev–Trinajstić information content (AvgIpc) is 3.04. The zero-order valence-corrected chi connectivity index (χ0v) is 27.6. The summed E-state index contributed by atoms with van der Waals surface area (Å²) >= 11 is 0. The molecule has 0 saturated heterocycles. The number of hydrogen-bond acceptors (Lipinski definition) is 10. The number of ketones is 1. The molecule has 3 atom stereocenters. The minimum absolute atomic E-state index is 0.0316. The zero-order chi connectivity index (χ0) is 33.5. The second kappa shape index (κ2) is 18.5. The first-order chi connectivity index (χ1) is 22.2. The lowest BCUT2D eigenvalue weighted by atomic mass is 9.92. The van der Waals surface area contributed by atoms with Gasteiger partial charge in [0.15, 0.2) is 23.0 Å². The lowest BCUT2D eigenvalue weighted by Crippen LogP contribution is -2.32. The summed E-state index contributed by atoms with van der Waals surface area (Å²) in [5.74, 6) is -1.29. The van der Waals surface area contributed by atoms with Crippen LogP contribution in [0.2, 0.25) is 0 Å². The molecule has 0 aliphatic carbocycles. The molecule has 0 radical (unpaired) electrons. The van der Waals surface area contributed by atoms with Crippen molar-refractivity contribution >= 4 is 17.7 Å². The normalized spacial score (nSPS) is 12.8. The second-order valence-corrected chi connectivity index (χ2v) is 11.1. The van der Waals surface area contributed by atoms with E-state index < -0.39 is 36.5 Å². The molecular weight excluding hydrogens is 590 g/mol. The van der Waals surface area contributed by atoms with E-state index in [1.165, 1.54) is 31.9 Å². The minimum Gasteiger partial charge on any atom is -0.496 e. The minimum atomic E-state index is -0.764. The van der Waals surface area contributed by atoms with Crippen molar-refractivity contribution in [2.45, 2.75) is 59.5 Å². The van der Waals surface area contributed by atoms with Crippen LogP contribution in [-0.2, 0) is 36.6 Å². The van der Waals surface area contributed by atoms with E-state index in [2.05, 4.69) is 23.2 Å². The predicted octanol–water partition coefficient (Wildman–Crippen LogP) is 6.02. The van der Waals surface area contributed by atoms with Gasteiger partial charge in [0.2, 0.25) is 6.79 Å². The summed E-state index contributed by atoms with van der Waals surface area (Å²) in [6.45, 7) is 7.35. The van der Waals surface area contributed by atoms with Crippen LogP contribution in [0.25, 0.3) is 0 Å². The molecule has 0 N–H and O–H groups in total. The molecule has 0 unspecified atom stereocenters. The first-order valence-corrected chi connectivity index (χ1v) is 15.5. The van der Waals surface area contributed by atoms with E-state index >= 15 is 0 Å². The van der Waals surface area contributed by atoms with Crippen molar-refractivity contribution in [3.63, 3.8) is 0 Å². The number of hydrogen-bond donors (Lipinski definition) is 0. The summed E-state index contributed by atoms with van der Waals surface area (Å²) in [4.78, 5) is 41.8. The summed E-state index contributed by atoms with van der Waals surface area (Å²) in [6.07, 6.45) is 2.96. The van der Waals surface area contributed by atoms with E-state index in [1.807, 2.05) is 44.2 Å². The fourth-order valence-corrected chi connectivity index (χ4v) is 4.91. The van der Waals surface area contributed by atoms with Gasteiger partial charge in [-0.3, -0.25) is 14.4 Å². The molecule has 0 bridgehead atoms. The first-order valence-electron chi connectivity index (χ1n) is 15.5. The Morgan fingerprint density at radius 2 is 1.65 bits per heavy atom. The maximum Gasteiger partial charge on any atom is 0.309 e. The highest BCUT2D eigenvalue weighted by atomic mass is 16.7. The van der Waals surface area contributed by atoms with Gasteiger partial charge in [0, 0.05) is 44.6 Å². The third kappa shape index (κ3) is 10.9. The third-order valence-corrected chi connectivity index (χ3v) is 7.44. The lowest BCUT2D eigenvalue weighted by molar-refractivity contribution is -0.156. The van der Waals surface area contributed by atoms with Crippen molar-refractivity contribution < 1.29 is 42.8 Å². The first kappa shape index (κ1) is 36.0. The van der Waals surface area contributed by atoms with Gasteiger partial charge in [-0.25, -0.2) is 4.98 Å². The van der Waals surface area contributed by atoms with Crippen molar-refractivity contribution in [2.75, 3.05) is 34.2 Å². The standard InChI is InChI=1S/C36H45NO9/c1-7-17-43-22-30(21-28-13-14-32(41-5)29(20-28)19-27-11-9-8-10-12-27)25(3)46-36(40)24(2)18-31(39)34-35(45-23-44-26(4)38)33(42-6)15-16-37-34/h8-16,20,24-25,30H,7,17-19,21-23H2,1-6H3/t24-,25+,30-/m1/s1. The highest BCUT2D eigenvalue weighted by Gasteiger charge is 2.28. The van der Waals surface area contributed by atoms with Gasteiger partial charge in [-0.05, 0) is 42.5 Å². The van der Waals surface area contributed by atoms with E-state index in [1.54, 1.807) is 14.0 Å². The number of carbonyl (C=O) groups is 3. The molecule has 0 fully saturated rings. The van der Waals surface area contributed by atoms with Crippen LogP contribution in [0.5, 0.6) is 17.2 Å². The Hall–Kier alpha value is -4.44. The Bertz CT molecular complexity index is 1430. The van der Waals surface area contributed by atoms with Crippen molar-refractivity contribution in [3.05, 3.63) is 83.2 Å². The van der Waals surface area contributed by atoms with Crippen molar-refractivity contribution in [3.8, 4) is 17.2 Å². The molecular formula is C36H45NO9. The predicted molar refractivity (Wildman–Crippen MR) is 172 cm³/mol. The Labute approximate surface area is 271 Å². The van der Waals surface area contributed by atoms with Gasteiger partial charge in [-0.1, -0.05) is 56.3 Å². The number of rotatable bonds is 19. The fourth-order valence-electron chi connectivity index (χ4n) is 4.91. The quantitative estimate of drug-likeness (QED) is 0.0670. The van der Waals surface area contributed by atoms with Crippen LogP contribution in [0.4, 0.5) is 0 Å². The number of carbonyl (C=O) groups excluding carboxylic acids is 3. The topological polar surface area (TPSA) is 119 Å². The average molecular weight is 636 g/mol. The molecule has 2 aromatic carbocycles. The molecule has 0 aliphatic heterocycles. The smallest absolute Gasteiger partial charge is 0.309 e. The molecule has 3 aromatic rings. The Morgan fingerprint density at radius 3 is 2.33 bits per heavy atom. The lowest BCUT2D eigenvalue weighted by Gasteiger charge is -2.26. The van der Waals surface area contributed by atoms with E-state index in [9.17, 15) is 14.4 Å². The van der Waals surface area contributed by atoms with Gasteiger partial charge in [0.1, 0.15) is 11.9 Å². The van der Waals surface area contributed by atoms with E-state index in [0.29, 0.717) is 19.6 Å². The van der Waals surface area contributed by atoms with E-state index in [0.717, 1.165) is 29.7 Å². The number of Topliss-reactive ketones (excluding diaryl/α,β-unsaturated/α-hetero) is 1. The molecule has 1 heterocycles. The summed E-state index contributed by atoms with van der Waals surface area (Å²) < 4.78 is 33.1. The van der Waals surface area contributed by atoms with Crippen LogP contribution in [0.15, 0.2) is 60.8 Å². The summed E-state index contributed by atoms with van der Waals surface area (Å²) in [7, 11) is 3.08. The van der Waals surface area contributed by atoms with E-state index in [4.69, 9.17) is 28.4 Å². The fraction of sp³-hybridized carbons (Fsp3) is 0.444. The van der Waals surface area contributed by atoms with Crippen LogP contribution in [0.3, 0.4) is 0 Å². The third-order valence-electron chi connectivity index (χ3n) is 7.44. The van der Waals surface area contributed by atoms with E-state index in [-0.39, 0.29) is 29.5 Å². The molecule has 0 saturated carbocycles. The van der Waals surface area contributed by atoms with Gasteiger partial charge in [0.05, 0.1) is 26.7 Å². The number of benzene rings is 2. The maximum absolute atomic E-state index is 13.3. The molecule has 0 spiro atoms. The molecule has 46 heavy (non-hydrogen) atoms. The largest absolute Gasteiger partial charge is 0.496 e. The van der Waals surface area contributed by atoms with Crippen molar-refractivity contribution in [2.24, 2.45) is 11.8 Å². The molecule has 0 aliphatic rings. The van der Waals surface area contributed by atoms with Gasteiger partial charge >= 0.3 is 11.9 Å². The monoisotopic (exact) mass is 635 g/mol. The second-order valence-electron chi connectivity index (χ2n) is 11.1. The van der Waals surface area contributed by atoms with Crippen molar-refractivity contribution in [1.29, 1.82) is 0 Å². The molecule has 248 valence electrons. The molecule has 10 nitrogen and oxygen atoms in total. The number of aromatic nitrogens is 1. The number of esters is 2. The van der Waals surface area contributed by atoms with Crippen LogP contribution in [0.1, 0.15) is 67.7 Å². The number of pyridine rings is 1. The number of methoxy groups -OCH3 is 2. The molecule has 3 rings (SSSR count). The summed E-state index contributed by atoms with van der Waals surface area (Å²) in [5.41, 5.74) is 3.29. The number of nitrogens with zero attached hydrogens (tertiary/aromatic N) is 1. The Kier molecular flexibility index (Phi) is 14.5. The Balaban J connectivity index is 1.71. The number of ether oxygens (including phenoxy) is 6. The molecule has 1 aromatic heterocycles. The zero-order valence-electron chi connectivity index (χ0n) is 27.6. The van der Waals surface area contributed by atoms with Gasteiger partial charge in [-0.2, -0.15) is 0 Å².